The van der Waals surface area contributed by atoms with Crippen LogP contribution in [0.15, 0.2) is 79.0 Å². The van der Waals surface area contributed by atoms with Crippen molar-refractivity contribution in [2.45, 2.75) is 27.0 Å². The standard InChI is InChI=1S/C29H24ClN3O3/c1-18-13-20(17-36-28-24(29(34)35)9-6-12-31-28)14-26-27(18)32-19(2)33(26)16-23-11-10-22(15-25(23)30)21-7-4-3-5-8-21/h3-15H,16-17H2,1-2H3,(H,34,35). The number of carboxylic acids is 1. The molecule has 36 heavy (non-hydrogen) atoms. The molecule has 0 unspecified atom stereocenters. The molecular formula is C29H24ClN3O3. The number of rotatable bonds is 7. The minimum absolute atomic E-state index is 0.0322. The molecule has 0 aliphatic heterocycles. The molecule has 0 atom stereocenters. The minimum atomic E-state index is -1.08. The van der Waals surface area contributed by atoms with E-state index in [-0.39, 0.29) is 18.1 Å². The van der Waals surface area contributed by atoms with Crippen LogP contribution < -0.4 is 4.74 Å². The van der Waals surface area contributed by atoms with Crippen LogP contribution in [-0.2, 0) is 13.2 Å². The first-order valence-corrected chi connectivity index (χ1v) is 11.9. The summed E-state index contributed by atoms with van der Waals surface area (Å²) < 4.78 is 7.92. The fraction of sp³-hybridized carbons (Fsp3) is 0.138. The van der Waals surface area contributed by atoms with Crippen LogP contribution in [0.2, 0.25) is 5.02 Å². The maximum atomic E-state index is 11.5. The van der Waals surface area contributed by atoms with Crippen LogP contribution in [0.5, 0.6) is 5.88 Å². The normalized spacial score (nSPS) is 11.1. The van der Waals surface area contributed by atoms with Crippen molar-refractivity contribution in [3.05, 3.63) is 112 Å². The highest BCUT2D eigenvalue weighted by molar-refractivity contribution is 6.31. The van der Waals surface area contributed by atoms with E-state index in [2.05, 4.69) is 33.8 Å². The molecule has 0 aliphatic carbocycles. The number of pyridine rings is 1. The quantitative estimate of drug-likeness (QED) is 0.271. The minimum Gasteiger partial charge on any atom is -0.477 e. The number of carboxylic acid groups (broad SMARTS) is 1. The number of nitrogens with zero attached hydrogens (tertiary/aromatic N) is 3. The van der Waals surface area contributed by atoms with Crippen molar-refractivity contribution in [3.8, 4) is 17.0 Å². The van der Waals surface area contributed by atoms with Crippen LogP contribution in [-0.4, -0.2) is 25.6 Å². The molecule has 0 radical (unpaired) electrons. The van der Waals surface area contributed by atoms with Crippen molar-refractivity contribution in [1.29, 1.82) is 0 Å². The Balaban J connectivity index is 1.45. The van der Waals surface area contributed by atoms with Gasteiger partial charge in [0.2, 0.25) is 5.88 Å². The van der Waals surface area contributed by atoms with E-state index >= 15 is 0 Å². The average Bonchev–Trinajstić information content (AvgIpc) is 3.20. The van der Waals surface area contributed by atoms with Crippen LogP contribution in [0.1, 0.15) is 32.9 Å². The SMILES string of the molecule is Cc1cc(COc2ncccc2C(=O)O)cc2c1nc(C)n2Cc1ccc(-c2ccccc2)cc1Cl. The second kappa shape index (κ2) is 9.84. The summed E-state index contributed by atoms with van der Waals surface area (Å²) in [5.74, 6) is -0.0985. The van der Waals surface area contributed by atoms with Gasteiger partial charge in [0.25, 0.3) is 0 Å². The van der Waals surface area contributed by atoms with Gasteiger partial charge >= 0.3 is 5.97 Å². The van der Waals surface area contributed by atoms with Gasteiger partial charge in [-0.25, -0.2) is 14.8 Å². The zero-order valence-electron chi connectivity index (χ0n) is 19.9. The zero-order chi connectivity index (χ0) is 25.2. The second-order valence-electron chi connectivity index (χ2n) is 8.65. The van der Waals surface area contributed by atoms with Crippen molar-refractivity contribution < 1.29 is 14.6 Å². The Bertz CT molecular complexity index is 1580. The lowest BCUT2D eigenvalue weighted by atomic mass is 10.0. The number of aromatic nitrogens is 3. The van der Waals surface area contributed by atoms with Crippen LogP contribution in [0.4, 0.5) is 0 Å². The number of hydrogen-bond acceptors (Lipinski definition) is 4. The van der Waals surface area contributed by atoms with Crippen molar-refractivity contribution in [3.63, 3.8) is 0 Å². The number of imidazole rings is 1. The van der Waals surface area contributed by atoms with Gasteiger partial charge in [-0.3, -0.25) is 0 Å². The van der Waals surface area contributed by atoms with Gasteiger partial charge in [-0.2, -0.15) is 0 Å². The molecule has 0 aliphatic rings. The average molecular weight is 498 g/mol. The van der Waals surface area contributed by atoms with E-state index < -0.39 is 5.97 Å². The Kier molecular flexibility index (Phi) is 6.44. The number of aryl methyl sites for hydroxylation is 2. The topological polar surface area (TPSA) is 77.2 Å². The van der Waals surface area contributed by atoms with Gasteiger partial charge in [-0.05, 0) is 65.9 Å². The third-order valence-electron chi connectivity index (χ3n) is 6.16. The van der Waals surface area contributed by atoms with E-state index in [4.69, 9.17) is 21.3 Å². The molecule has 0 bridgehead atoms. The first-order chi connectivity index (χ1) is 17.4. The van der Waals surface area contributed by atoms with Crippen LogP contribution in [0.25, 0.3) is 22.2 Å². The smallest absolute Gasteiger partial charge is 0.341 e. The van der Waals surface area contributed by atoms with E-state index in [0.717, 1.165) is 44.7 Å². The van der Waals surface area contributed by atoms with E-state index in [0.29, 0.717) is 11.6 Å². The first-order valence-electron chi connectivity index (χ1n) is 11.5. The summed E-state index contributed by atoms with van der Waals surface area (Å²) in [4.78, 5) is 20.3. The van der Waals surface area contributed by atoms with E-state index in [9.17, 15) is 9.90 Å². The molecule has 0 saturated heterocycles. The predicted octanol–water partition coefficient (Wildman–Crippen LogP) is 6.69. The third kappa shape index (κ3) is 4.68. The fourth-order valence-electron chi connectivity index (χ4n) is 4.34. The molecular weight excluding hydrogens is 474 g/mol. The van der Waals surface area contributed by atoms with E-state index in [1.807, 2.05) is 50.2 Å². The molecule has 1 N–H and O–H groups in total. The van der Waals surface area contributed by atoms with Crippen molar-refractivity contribution in [2.75, 3.05) is 0 Å². The van der Waals surface area contributed by atoms with Crippen LogP contribution in [0, 0.1) is 13.8 Å². The molecule has 0 fully saturated rings. The van der Waals surface area contributed by atoms with E-state index in [1.54, 1.807) is 6.07 Å². The molecule has 5 aromatic rings. The monoisotopic (exact) mass is 497 g/mol. The van der Waals surface area contributed by atoms with Gasteiger partial charge in [0.05, 0.1) is 17.6 Å². The first kappa shape index (κ1) is 23.6. The summed E-state index contributed by atoms with van der Waals surface area (Å²) in [5, 5.41) is 10.1. The molecule has 180 valence electrons. The van der Waals surface area contributed by atoms with Crippen LogP contribution in [0.3, 0.4) is 0 Å². The van der Waals surface area contributed by atoms with Gasteiger partial charge in [-0.15, -0.1) is 0 Å². The number of ether oxygens (including phenoxy) is 1. The summed E-state index contributed by atoms with van der Waals surface area (Å²) >= 11 is 6.71. The van der Waals surface area contributed by atoms with Gasteiger partial charge in [-0.1, -0.05) is 60.1 Å². The number of carbonyl (C=O) groups is 1. The number of benzene rings is 3. The van der Waals surface area contributed by atoms with Gasteiger partial charge in [0.15, 0.2) is 0 Å². The molecule has 0 spiro atoms. The lowest BCUT2D eigenvalue weighted by Crippen LogP contribution is -2.06. The highest BCUT2D eigenvalue weighted by Crippen LogP contribution is 2.29. The summed E-state index contributed by atoms with van der Waals surface area (Å²) in [6, 6.07) is 23.4. The van der Waals surface area contributed by atoms with Crippen molar-refractivity contribution in [2.24, 2.45) is 0 Å². The summed E-state index contributed by atoms with van der Waals surface area (Å²) in [6.07, 6.45) is 1.52. The van der Waals surface area contributed by atoms with E-state index in [1.165, 1.54) is 12.3 Å². The number of fused-ring (bicyclic) bond motifs is 1. The zero-order valence-corrected chi connectivity index (χ0v) is 20.7. The van der Waals surface area contributed by atoms with Gasteiger partial charge in [0, 0.05) is 11.2 Å². The molecule has 7 heteroatoms. The predicted molar refractivity (Wildman–Crippen MR) is 141 cm³/mol. The Labute approximate surface area is 213 Å². The third-order valence-corrected chi connectivity index (χ3v) is 6.51. The lowest BCUT2D eigenvalue weighted by molar-refractivity contribution is 0.0690. The second-order valence-corrected chi connectivity index (χ2v) is 9.05. The number of hydrogen-bond donors (Lipinski definition) is 1. The number of aromatic carboxylic acids is 1. The molecule has 2 heterocycles. The molecule has 3 aromatic carbocycles. The molecule has 2 aromatic heterocycles. The van der Waals surface area contributed by atoms with Crippen molar-refractivity contribution >= 4 is 28.6 Å². The highest BCUT2D eigenvalue weighted by atomic mass is 35.5. The van der Waals surface area contributed by atoms with Crippen LogP contribution >= 0.6 is 11.6 Å². The highest BCUT2D eigenvalue weighted by Gasteiger charge is 2.15. The van der Waals surface area contributed by atoms with Crippen molar-refractivity contribution in [1.82, 2.24) is 14.5 Å². The summed E-state index contributed by atoms with van der Waals surface area (Å²) in [5.41, 5.74) is 7.01. The Morgan fingerprint density at radius 3 is 2.56 bits per heavy atom. The summed E-state index contributed by atoms with van der Waals surface area (Å²) in [6.45, 7) is 4.75. The fourth-order valence-corrected chi connectivity index (χ4v) is 4.58. The number of halogens is 1. The summed E-state index contributed by atoms with van der Waals surface area (Å²) in [7, 11) is 0. The lowest BCUT2D eigenvalue weighted by Gasteiger charge is -2.12. The van der Waals surface area contributed by atoms with Gasteiger partial charge in [0.1, 0.15) is 18.0 Å². The molecule has 0 amide bonds. The maximum absolute atomic E-state index is 11.5. The largest absolute Gasteiger partial charge is 0.477 e. The molecule has 0 saturated carbocycles. The Morgan fingerprint density at radius 1 is 1.00 bits per heavy atom. The molecule has 6 nitrogen and oxygen atoms in total. The molecule has 5 rings (SSSR count). The Morgan fingerprint density at radius 2 is 1.81 bits per heavy atom. The van der Waals surface area contributed by atoms with Gasteiger partial charge < -0.3 is 14.4 Å². The maximum Gasteiger partial charge on any atom is 0.341 e. The Hall–Kier alpha value is -4.16.